The number of hydrogen-bond acceptors (Lipinski definition) is 3. The molecule has 0 radical (unpaired) electrons. The van der Waals surface area contributed by atoms with Crippen molar-refractivity contribution in [2.24, 2.45) is 5.41 Å². The third kappa shape index (κ3) is 2.92. The molecule has 0 aliphatic heterocycles. The van der Waals surface area contributed by atoms with Crippen LogP contribution in [-0.2, 0) is 16.1 Å². The number of hydrogen-bond donors (Lipinski definition) is 2. The van der Waals surface area contributed by atoms with E-state index in [0.717, 1.165) is 12.0 Å². The van der Waals surface area contributed by atoms with Gasteiger partial charge in [-0.2, -0.15) is 0 Å². The number of methoxy groups -OCH3 is 1. The first-order valence-electron chi connectivity index (χ1n) is 6.69. The number of rotatable bonds is 6. The lowest BCUT2D eigenvalue weighted by atomic mass is 9.66. The normalized spacial score (nSPS) is 16.1. The highest BCUT2D eigenvalue weighted by molar-refractivity contribution is 5.85. The second-order valence-electron chi connectivity index (χ2n) is 5.20. The standard InChI is InChI=1S/C15H19NO4/c1-20-12-6-3-2-5-11(12)10-16-13(17)9-15(14(18)19)7-4-8-15/h2-3,5-6H,4,7-10H2,1H3,(H,16,17)(H,18,19). The van der Waals surface area contributed by atoms with Crippen LogP contribution in [0.2, 0.25) is 0 Å². The van der Waals surface area contributed by atoms with E-state index < -0.39 is 11.4 Å². The molecule has 0 heterocycles. The molecule has 1 aromatic rings. The zero-order valence-electron chi connectivity index (χ0n) is 11.5. The largest absolute Gasteiger partial charge is 0.496 e. The number of carbonyl (C=O) groups excluding carboxylic acids is 1. The van der Waals surface area contributed by atoms with Crippen molar-refractivity contribution in [2.75, 3.05) is 7.11 Å². The predicted octanol–water partition coefficient (Wildman–Crippen LogP) is 1.96. The SMILES string of the molecule is COc1ccccc1CNC(=O)CC1(C(=O)O)CCC1. The Morgan fingerprint density at radius 1 is 1.35 bits per heavy atom. The minimum absolute atomic E-state index is 0.0531. The molecule has 0 saturated heterocycles. The van der Waals surface area contributed by atoms with Gasteiger partial charge >= 0.3 is 5.97 Å². The second kappa shape index (κ2) is 5.94. The van der Waals surface area contributed by atoms with Crippen molar-refractivity contribution >= 4 is 11.9 Å². The summed E-state index contributed by atoms with van der Waals surface area (Å²) in [5.41, 5.74) is 0.0338. The zero-order valence-corrected chi connectivity index (χ0v) is 11.5. The van der Waals surface area contributed by atoms with Crippen molar-refractivity contribution in [3.05, 3.63) is 29.8 Å². The van der Waals surface area contributed by atoms with E-state index in [-0.39, 0.29) is 12.3 Å². The summed E-state index contributed by atoms with van der Waals surface area (Å²) >= 11 is 0. The van der Waals surface area contributed by atoms with Gasteiger partial charge in [0.05, 0.1) is 12.5 Å². The molecule has 2 rings (SSSR count). The molecule has 5 nitrogen and oxygen atoms in total. The van der Waals surface area contributed by atoms with Gasteiger partial charge in [-0.15, -0.1) is 0 Å². The van der Waals surface area contributed by atoms with Crippen molar-refractivity contribution in [1.29, 1.82) is 0 Å². The van der Waals surface area contributed by atoms with Crippen LogP contribution in [0.1, 0.15) is 31.2 Å². The maximum atomic E-state index is 11.9. The van der Waals surface area contributed by atoms with Crippen LogP contribution in [0.5, 0.6) is 5.75 Å². The molecule has 1 saturated carbocycles. The Hall–Kier alpha value is -2.04. The Labute approximate surface area is 117 Å². The Morgan fingerprint density at radius 3 is 2.60 bits per heavy atom. The minimum atomic E-state index is -0.865. The maximum Gasteiger partial charge on any atom is 0.310 e. The van der Waals surface area contributed by atoms with Crippen LogP contribution in [0.25, 0.3) is 0 Å². The first kappa shape index (κ1) is 14.4. The smallest absolute Gasteiger partial charge is 0.310 e. The average Bonchev–Trinajstić information content (AvgIpc) is 2.40. The highest BCUT2D eigenvalue weighted by atomic mass is 16.5. The van der Waals surface area contributed by atoms with Gasteiger partial charge in [0.25, 0.3) is 0 Å². The number of para-hydroxylation sites is 1. The van der Waals surface area contributed by atoms with Gasteiger partial charge in [0.2, 0.25) is 5.91 Å². The molecule has 0 atom stereocenters. The fourth-order valence-electron chi connectivity index (χ4n) is 2.48. The fourth-order valence-corrected chi connectivity index (χ4v) is 2.48. The van der Waals surface area contributed by atoms with Crippen LogP contribution in [0, 0.1) is 5.41 Å². The van der Waals surface area contributed by atoms with Crippen LogP contribution in [0.4, 0.5) is 0 Å². The molecular formula is C15H19NO4. The van der Waals surface area contributed by atoms with Gasteiger partial charge in [0.1, 0.15) is 5.75 Å². The van der Waals surface area contributed by atoms with Gasteiger partial charge in [-0.1, -0.05) is 24.6 Å². The number of aliphatic carboxylic acids is 1. The lowest BCUT2D eigenvalue weighted by Gasteiger charge is -2.36. The van der Waals surface area contributed by atoms with E-state index in [0.29, 0.717) is 25.1 Å². The summed E-state index contributed by atoms with van der Waals surface area (Å²) in [4.78, 5) is 23.1. The molecule has 5 heteroatoms. The predicted molar refractivity (Wildman–Crippen MR) is 73.4 cm³/mol. The Bertz CT molecular complexity index is 508. The molecule has 2 N–H and O–H groups in total. The van der Waals surface area contributed by atoms with Crippen LogP contribution in [-0.4, -0.2) is 24.1 Å². The number of carbonyl (C=O) groups is 2. The molecule has 1 aromatic carbocycles. The number of ether oxygens (including phenoxy) is 1. The molecule has 108 valence electrons. The molecule has 1 amide bonds. The average molecular weight is 277 g/mol. The van der Waals surface area contributed by atoms with Crippen molar-refractivity contribution < 1.29 is 19.4 Å². The van der Waals surface area contributed by atoms with E-state index >= 15 is 0 Å². The molecule has 1 fully saturated rings. The number of benzene rings is 1. The highest BCUT2D eigenvalue weighted by Crippen LogP contribution is 2.44. The van der Waals surface area contributed by atoms with E-state index in [2.05, 4.69) is 5.32 Å². The van der Waals surface area contributed by atoms with Gasteiger partial charge in [-0.05, 0) is 18.9 Å². The van der Waals surface area contributed by atoms with Crippen molar-refractivity contribution in [2.45, 2.75) is 32.2 Å². The highest BCUT2D eigenvalue weighted by Gasteiger charge is 2.45. The van der Waals surface area contributed by atoms with E-state index in [9.17, 15) is 14.7 Å². The molecule has 0 spiro atoms. The third-order valence-electron chi connectivity index (χ3n) is 3.93. The maximum absolute atomic E-state index is 11.9. The first-order chi connectivity index (χ1) is 9.57. The van der Waals surface area contributed by atoms with Gasteiger partial charge in [0, 0.05) is 18.5 Å². The molecule has 0 unspecified atom stereocenters. The lowest BCUT2D eigenvalue weighted by molar-refractivity contribution is -0.157. The molecular weight excluding hydrogens is 258 g/mol. The monoisotopic (exact) mass is 277 g/mol. The minimum Gasteiger partial charge on any atom is -0.496 e. The van der Waals surface area contributed by atoms with E-state index in [1.54, 1.807) is 7.11 Å². The summed E-state index contributed by atoms with van der Waals surface area (Å²) < 4.78 is 5.20. The number of carboxylic acids is 1. The number of nitrogens with one attached hydrogen (secondary N) is 1. The van der Waals surface area contributed by atoms with Crippen molar-refractivity contribution in [3.8, 4) is 5.75 Å². The summed E-state index contributed by atoms with van der Waals surface area (Å²) in [6.45, 7) is 0.346. The summed E-state index contributed by atoms with van der Waals surface area (Å²) in [6, 6.07) is 7.42. The molecule has 1 aliphatic carbocycles. The van der Waals surface area contributed by atoms with E-state index in [4.69, 9.17) is 4.74 Å². The van der Waals surface area contributed by atoms with Crippen LogP contribution >= 0.6 is 0 Å². The third-order valence-corrected chi connectivity index (χ3v) is 3.93. The quantitative estimate of drug-likeness (QED) is 0.833. The summed E-state index contributed by atoms with van der Waals surface area (Å²) in [5.74, 6) is -0.376. The summed E-state index contributed by atoms with van der Waals surface area (Å²) in [7, 11) is 1.58. The number of carboxylic acid groups (broad SMARTS) is 1. The molecule has 0 aromatic heterocycles. The van der Waals surface area contributed by atoms with E-state index in [1.807, 2.05) is 24.3 Å². The van der Waals surface area contributed by atoms with Crippen LogP contribution in [0.3, 0.4) is 0 Å². The topological polar surface area (TPSA) is 75.6 Å². The number of amides is 1. The molecule has 1 aliphatic rings. The van der Waals surface area contributed by atoms with E-state index in [1.165, 1.54) is 0 Å². The first-order valence-corrected chi connectivity index (χ1v) is 6.69. The Kier molecular flexibility index (Phi) is 4.27. The lowest BCUT2D eigenvalue weighted by Crippen LogP contribution is -2.42. The van der Waals surface area contributed by atoms with Gasteiger partial charge in [-0.25, -0.2) is 0 Å². The zero-order chi connectivity index (χ0) is 14.6. The van der Waals surface area contributed by atoms with Gasteiger partial charge in [0.15, 0.2) is 0 Å². The van der Waals surface area contributed by atoms with Gasteiger partial charge < -0.3 is 15.2 Å². The van der Waals surface area contributed by atoms with Crippen molar-refractivity contribution in [1.82, 2.24) is 5.32 Å². The van der Waals surface area contributed by atoms with Gasteiger partial charge in [-0.3, -0.25) is 9.59 Å². The summed E-state index contributed by atoms with van der Waals surface area (Å²) in [5, 5.41) is 12.0. The Morgan fingerprint density at radius 2 is 2.05 bits per heavy atom. The Balaban J connectivity index is 1.91. The van der Waals surface area contributed by atoms with Crippen LogP contribution < -0.4 is 10.1 Å². The summed E-state index contributed by atoms with van der Waals surface area (Å²) in [6.07, 6.45) is 2.11. The van der Waals surface area contributed by atoms with Crippen LogP contribution in [0.15, 0.2) is 24.3 Å². The fraction of sp³-hybridized carbons (Fsp3) is 0.467. The molecule has 20 heavy (non-hydrogen) atoms. The second-order valence-corrected chi connectivity index (χ2v) is 5.20. The van der Waals surface area contributed by atoms with Crippen molar-refractivity contribution in [3.63, 3.8) is 0 Å². The molecule has 0 bridgehead atoms.